The van der Waals surface area contributed by atoms with Crippen molar-refractivity contribution in [3.8, 4) is 11.5 Å². The molecule has 0 unspecified atom stereocenters. The number of hydrogen-bond acceptors (Lipinski definition) is 4. The Hall–Kier alpha value is -1.91. The van der Waals surface area contributed by atoms with Crippen molar-refractivity contribution >= 4 is 6.09 Å². The highest BCUT2D eigenvalue weighted by atomic mass is 16.7. The third-order valence-electron chi connectivity index (χ3n) is 3.92. The number of amides is 1. The molecule has 0 aliphatic heterocycles. The predicted octanol–water partition coefficient (Wildman–Crippen LogP) is 6.22. The summed E-state index contributed by atoms with van der Waals surface area (Å²) in [7, 11) is 0. The quantitative estimate of drug-likeness (QED) is 0.428. The van der Waals surface area contributed by atoms with Gasteiger partial charge < -0.3 is 14.3 Å². The maximum atomic E-state index is 12.3. The van der Waals surface area contributed by atoms with Gasteiger partial charge in [0.1, 0.15) is 11.4 Å². The van der Waals surface area contributed by atoms with Gasteiger partial charge in [-0.3, -0.25) is 0 Å². The molecule has 1 rings (SSSR count). The third kappa shape index (κ3) is 9.55. The summed E-state index contributed by atoms with van der Waals surface area (Å²) in [5, 5.41) is 1.27. The standard InChI is InChI=1S/C22H37NO4/c1-7-11-18(12-8-2)17-25-19-13-10-14-20(16-19)27-23(15-9-3)21(24)26-22(4,5)6/h10,13-14,16,18H,7-9,11-12,15,17H2,1-6H3. The number of ether oxygens (including phenoxy) is 2. The topological polar surface area (TPSA) is 48.0 Å². The summed E-state index contributed by atoms with van der Waals surface area (Å²) in [6, 6.07) is 7.43. The number of rotatable bonds is 11. The van der Waals surface area contributed by atoms with Crippen LogP contribution in [0.5, 0.6) is 11.5 Å². The zero-order valence-electron chi connectivity index (χ0n) is 17.9. The fourth-order valence-corrected chi connectivity index (χ4v) is 2.78. The van der Waals surface area contributed by atoms with Crippen LogP contribution in [0.2, 0.25) is 0 Å². The zero-order valence-corrected chi connectivity index (χ0v) is 17.9. The Bertz CT molecular complexity index is 547. The Balaban J connectivity index is 2.73. The first-order chi connectivity index (χ1) is 12.8. The lowest BCUT2D eigenvalue weighted by atomic mass is 9.99. The van der Waals surface area contributed by atoms with Crippen molar-refractivity contribution in [1.82, 2.24) is 5.06 Å². The molecule has 154 valence electrons. The smallest absolute Gasteiger partial charge is 0.443 e. The average Bonchev–Trinajstić information content (AvgIpc) is 2.58. The molecule has 1 amide bonds. The van der Waals surface area contributed by atoms with Crippen LogP contribution in [0.3, 0.4) is 0 Å². The summed E-state index contributed by atoms with van der Waals surface area (Å²) in [6.45, 7) is 13.1. The molecule has 5 heteroatoms. The van der Waals surface area contributed by atoms with Crippen LogP contribution in [0.25, 0.3) is 0 Å². The SMILES string of the molecule is CCCC(CCC)COc1cccc(ON(CCC)C(=O)OC(C)(C)C)c1. The first-order valence-electron chi connectivity index (χ1n) is 10.2. The van der Waals surface area contributed by atoms with Crippen LogP contribution in [-0.2, 0) is 4.74 Å². The predicted molar refractivity (Wildman–Crippen MR) is 109 cm³/mol. The van der Waals surface area contributed by atoms with Crippen molar-refractivity contribution in [2.75, 3.05) is 13.2 Å². The van der Waals surface area contributed by atoms with Gasteiger partial charge in [0.15, 0.2) is 5.75 Å². The summed E-state index contributed by atoms with van der Waals surface area (Å²) < 4.78 is 11.4. The lowest BCUT2D eigenvalue weighted by Crippen LogP contribution is -2.39. The lowest BCUT2D eigenvalue weighted by Gasteiger charge is -2.26. The van der Waals surface area contributed by atoms with Crippen LogP contribution >= 0.6 is 0 Å². The molecule has 27 heavy (non-hydrogen) atoms. The molecule has 5 nitrogen and oxygen atoms in total. The number of benzene rings is 1. The van der Waals surface area contributed by atoms with Gasteiger partial charge in [-0.1, -0.05) is 39.7 Å². The highest BCUT2D eigenvalue weighted by molar-refractivity contribution is 5.67. The van der Waals surface area contributed by atoms with E-state index >= 15 is 0 Å². The summed E-state index contributed by atoms with van der Waals surface area (Å²) in [4.78, 5) is 18.1. The number of nitrogens with zero attached hydrogens (tertiary/aromatic N) is 1. The highest BCUT2D eigenvalue weighted by Gasteiger charge is 2.23. The zero-order chi connectivity index (χ0) is 20.3. The number of carbonyl (C=O) groups excluding carboxylic acids is 1. The molecular weight excluding hydrogens is 342 g/mol. The van der Waals surface area contributed by atoms with Crippen molar-refractivity contribution in [2.24, 2.45) is 5.92 Å². The van der Waals surface area contributed by atoms with E-state index in [2.05, 4.69) is 13.8 Å². The molecule has 1 aromatic carbocycles. The molecule has 0 aliphatic carbocycles. The molecule has 0 bridgehead atoms. The molecule has 0 spiro atoms. The van der Waals surface area contributed by atoms with Gasteiger partial charge in [0.05, 0.1) is 13.2 Å². The maximum Gasteiger partial charge on any atom is 0.443 e. The molecule has 0 saturated heterocycles. The molecule has 0 atom stereocenters. The van der Waals surface area contributed by atoms with E-state index in [4.69, 9.17) is 14.3 Å². The van der Waals surface area contributed by atoms with E-state index in [1.54, 1.807) is 0 Å². The Morgan fingerprint density at radius 3 is 2.22 bits per heavy atom. The van der Waals surface area contributed by atoms with E-state index in [1.165, 1.54) is 30.7 Å². The average molecular weight is 380 g/mol. The normalized spacial score (nSPS) is 11.4. The Labute approximate surface area is 164 Å². The first-order valence-corrected chi connectivity index (χ1v) is 10.2. The minimum Gasteiger partial charge on any atom is -0.493 e. The van der Waals surface area contributed by atoms with Crippen LogP contribution in [0.15, 0.2) is 24.3 Å². The second-order valence-electron chi connectivity index (χ2n) is 7.90. The molecule has 0 N–H and O–H groups in total. The molecule has 0 aliphatic rings. The van der Waals surface area contributed by atoms with Gasteiger partial charge in [0.2, 0.25) is 0 Å². The number of hydrogen-bond donors (Lipinski definition) is 0. The van der Waals surface area contributed by atoms with Crippen LogP contribution in [-0.4, -0.2) is 29.9 Å². The lowest BCUT2D eigenvalue weighted by molar-refractivity contribution is -0.0723. The second kappa shape index (κ2) is 11.7. The van der Waals surface area contributed by atoms with Crippen molar-refractivity contribution in [1.29, 1.82) is 0 Å². The Morgan fingerprint density at radius 1 is 1.04 bits per heavy atom. The monoisotopic (exact) mass is 379 g/mol. The van der Waals surface area contributed by atoms with Gasteiger partial charge in [0, 0.05) is 6.07 Å². The van der Waals surface area contributed by atoms with Crippen LogP contribution < -0.4 is 9.57 Å². The summed E-state index contributed by atoms with van der Waals surface area (Å²) in [6.07, 6.45) is 4.96. The molecule has 1 aromatic rings. The van der Waals surface area contributed by atoms with E-state index in [0.717, 1.165) is 12.2 Å². The van der Waals surface area contributed by atoms with Gasteiger partial charge >= 0.3 is 6.09 Å². The first kappa shape index (κ1) is 23.1. The summed E-state index contributed by atoms with van der Waals surface area (Å²) in [5.74, 6) is 1.89. The van der Waals surface area contributed by atoms with Crippen LogP contribution in [0.4, 0.5) is 4.79 Å². The van der Waals surface area contributed by atoms with Gasteiger partial charge in [-0.15, -0.1) is 5.06 Å². The minimum absolute atomic E-state index is 0.453. The highest BCUT2D eigenvalue weighted by Crippen LogP contribution is 2.23. The van der Waals surface area contributed by atoms with Crippen molar-refractivity contribution in [3.05, 3.63) is 24.3 Å². The van der Waals surface area contributed by atoms with E-state index in [0.29, 0.717) is 24.8 Å². The molecule has 0 aromatic heterocycles. The molecule has 0 saturated carbocycles. The van der Waals surface area contributed by atoms with Crippen LogP contribution in [0.1, 0.15) is 73.6 Å². The van der Waals surface area contributed by atoms with E-state index in [9.17, 15) is 4.79 Å². The van der Waals surface area contributed by atoms with Gasteiger partial charge in [-0.2, -0.15) is 0 Å². The fraction of sp³-hybridized carbons (Fsp3) is 0.682. The Kier molecular flexibility index (Phi) is 10.0. The molecular formula is C22H37NO4. The van der Waals surface area contributed by atoms with Crippen molar-refractivity contribution in [2.45, 2.75) is 79.2 Å². The van der Waals surface area contributed by atoms with E-state index in [1.807, 2.05) is 52.0 Å². The van der Waals surface area contributed by atoms with Crippen LogP contribution in [0, 0.1) is 5.92 Å². The molecule has 0 heterocycles. The van der Waals surface area contributed by atoms with Gasteiger partial charge in [-0.25, -0.2) is 4.79 Å². The summed E-state index contributed by atoms with van der Waals surface area (Å²) in [5.41, 5.74) is -0.565. The largest absolute Gasteiger partial charge is 0.493 e. The second-order valence-corrected chi connectivity index (χ2v) is 7.90. The number of carbonyl (C=O) groups is 1. The minimum atomic E-state index is -0.565. The van der Waals surface area contributed by atoms with Crippen molar-refractivity contribution < 1.29 is 19.1 Å². The molecule has 0 radical (unpaired) electrons. The van der Waals surface area contributed by atoms with Gasteiger partial charge in [0.25, 0.3) is 0 Å². The molecule has 0 fully saturated rings. The fourth-order valence-electron chi connectivity index (χ4n) is 2.78. The van der Waals surface area contributed by atoms with Gasteiger partial charge in [-0.05, 0) is 58.1 Å². The summed E-state index contributed by atoms with van der Waals surface area (Å²) >= 11 is 0. The van der Waals surface area contributed by atoms with E-state index < -0.39 is 11.7 Å². The number of hydroxylamine groups is 2. The third-order valence-corrected chi connectivity index (χ3v) is 3.92. The Morgan fingerprint density at radius 2 is 1.67 bits per heavy atom. The van der Waals surface area contributed by atoms with E-state index in [-0.39, 0.29) is 0 Å². The van der Waals surface area contributed by atoms with Crippen molar-refractivity contribution in [3.63, 3.8) is 0 Å². The maximum absolute atomic E-state index is 12.3.